The van der Waals surface area contributed by atoms with Crippen LogP contribution >= 0.6 is 15.9 Å². The zero-order chi connectivity index (χ0) is 16.2. The molecular weight excluding hydrogens is 368 g/mol. The highest BCUT2D eigenvalue weighted by Crippen LogP contribution is 2.27. The molecule has 3 aromatic rings. The Balaban J connectivity index is 1.75. The van der Waals surface area contributed by atoms with Gasteiger partial charge in [-0.05, 0) is 40.2 Å². The second-order valence-corrected chi connectivity index (χ2v) is 5.57. The molecule has 0 aliphatic carbocycles. The largest absolute Gasteiger partial charge is 0.433 e. The van der Waals surface area contributed by atoms with E-state index < -0.39 is 6.61 Å². The number of rotatable bonds is 5. The molecule has 0 spiro atoms. The molecule has 4 nitrogen and oxygen atoms in total. The first-order valence-electron chi connectivity index (χ1n) is 6.80. The molecule has 0 aliphatic rings. The Morgan fingerprint density at radius 3 is 2.74 bits per heavy atom. The molecule has 0 amide bonds. The number of fused-ring (bicyclic) bond motifs is 1. The summed E-state index contributed by atoms with van der Waals surface area (Å²) in [5.74, 6) is 0.0436. The molecule has 3 rings (SSSR count). The van der Waals surface area contributed by atoms with Crippen LogP contribution in [0, 0.1) is 0 Å². The van der Waals surface area contributed by atoms with Gasteiger partial charge < -0.3 is 10.1 Å². The number of hydrogen-bond donors (Lipinski definition) is 1. The van der Waals surface area contributed by atoms with Crippen molar-refractivity contribution in [2.24, 2.45) is 0 Å². The molecule has 0 aliphatic heterocycles. The first-order chi connectivity index (χ1) is 11.1. The summed E-state index contributed by atoms with van der Waals surface area (Å²) in [6.45, 7) is -2.39. The van der Waals surface area contributed by atoms with Crippen molar-refractivity contribution >= 4 is 32.5 Å². The van der Waals surface area contributed by atoms with E-state index in [4.69, 9.17) is 0 Å². The Hall–Kier alpha value is -2.28. The zero-order valence-corrected chi connectivity index (χ0v) is 13.4. The highest BCUT2D eigenvalue weighted by atomic mass is 79.9. The summed E-state index contributed by atoms with van der Waals surface area (Å²) in [5.41, 5.74) is 2.50. The predicted molar refractivity (Wildman–Crippen MR) is 87.6 cm³/mol. The Kier molecular flexibility index (Phi) is 4.66. The van der Waals surface area contributed by atoms with Crippen molar-refractivity contribution in [1.82, 2.24) is 9.97 Å². The maximum atomic E-state index is 12.1. The fourth-order valence-electron chi connectivity index (χ4n) is 2.17. The van der Waals surface area contributed by atoms with Crippen molar-refractivity contribution in [1.29, 1.82) is 0 Å². The molecular formula is C16H12BrF2N3O. The van der Waals surface area contributed by atoms with Crippen LogP contribution in [0.4, 0.5) is 14.5 Å². The third kappa shape index (κ3) is 3.73. The van der Waals surface area contributed by atoms with Crippen molar-refractivity contribution in [3.05, 3.63) is 59.0 Å². The smallest absolute Gasteiger partial charge is 0.387 e. The number of halogens is 3. The number of benzene rings is 1. The highest BCUT2D eigenvalue weighted by Gasteiger charge is 2.06. The summed E-state index contributed by atoms with van der Waals surface area (Å²) in [7, 11) is 0. The molecule has 0 saturated heterocycles. The first-order valence-corrected chi connectivity index (χ1v) is 7.59. The molecule has 0 unspecified atom stereocenters. The zero-order valence-electron chi connectivity index (χ0n) is 11.8. The average molecular weight is 380 g/mol. The van der Waals surface area contributed by atoms with Crippen molar-refractivity contribution < 1.29 is 13.5 Å². The van der Waals surface area contributed by atoms with Gasteiger partial charge in [-0.3, -0.25) is 9.97 Å². The van der Waals surface area contributed by atoms with Crippen molar-refractivity contribution in [3.8, 4) is 5.75 Å². The van der Waals surface area contributed by atoms with Crippen LogP contribution in [0.3, 0.4) is 0 Å². The second-order valence-electron chi connectivity index (χ2n) is 4.71. The number of alkyl halides is 2. The van der Waals surface area contributed by atoms with Gasteiger partial charge in [-0.1, -0.05) is 12.1 Å². The van der Waals surface area contributed by atoms with Crippen molar-refractivity contribution in [2.75, 3.05) is 5.32 Å². The fraction of sp³-hybridized carbons (Fsp3) is 0.125. The summed E-state index contributed by atoms with van der Waals surface area (Å²) in [6, 6.07) is 10.8. The molecule has 0 atom stereocenters. The van der Waals surface area contributed by atoms with E-state index in [1.54, 1.807) is 12.3 Å². The molecule has 7 heteroatoms. The lowest BCUT2D eigenvalue weighted by Crippen LogP contribution is -2.05. The molecule has 2 heterocycles. The molecule has 118 valence electrons. The molecule has 23 heavy (non-hydrogen) atoms. The standard InChI is InChI=1S/C16H12BrF2N3O/c17-13-3-1-2-12-14(6-7-20-15(12)13)22-8-10-4-5-11(9-21-10)23-16(18)19/h1-7,9,16H,8H2,(H,20,22). The topological polar surface area (TPSA) is 47.0 Å². The van der Waals surface area contributed by atoms with Gasteiger partial charge in [-0.15, -0.1) is 0 Å². The van der Waals surface area contributed by atoms with Gasteiger partial charge in [0.05, 0.1) is 24.0 Å². The van der Waals surface area contributed by atoms with Crippen LogP contribution in [-0.4, -0.2) is 16.6 Å². The minimum absolute atomic E-state index is 0.0436. The number of nitrogens with one attached hydrogen (secondary N) is 1. The number of anilines is 1. The monoisotopic (exact) mass is 379 g/mol. The van der Waals surface area contributed by atoms with Crippen LogP contribution in [0.15, 0.2) is 53.3 Å². The minimum Gasteiger partial charge on any atom is -0.433 e. The van der Waals surface area contributed by atoms with E-state index in [1.807, 2.05) is 24.3 Å². The molecule has 0 saturated carbocycles. The number of hydrogen-bond acceptors (Lipinski definition) is 4. The van der Waals surface area contributed by atoms with Crippen LogP contribution in [0.1, 0.15) is 5.69 Å². The van der Waals surface area contributed by atoms with Crippen LogP contribution in [0.2, 0.25) is 0 Å². The van der Waals surface area contributed by atoms with Gasteiger partial charge in [0.2, 0.25) is 0 Å². The lowest BCUT2D eigenvalue weighted by Gasteiger charge is -2.10. The van der Waals surface area contributed by atoms with Gasteiger partial charge in [0, 0.05) is 21.7 Å². The summed E-state index contributed by atoms with van der Waals surface area (Å²) >= 11 is 3.48. The van der Waals surface area contributed by atoms with E-state index in [9.17, 15) is 8.78 Å². The number of nitrogens with zero attached hydrogens (tertiary/aromatic N) is 2. The number of aromatic nitrogens is 2. The van der Waals surface area contributed by atoms with E-state index in [0.717, 1.165) is 21.1 Å². The summed E-state index contributed by atoms with van der Waals surface area (Å²) in [6.07, 6.45) is 3.01. The Labute approximate surface area is 139 Å². The van der Waals surface area contributed by atoms with Gasteiger partial charge in [0.1, 0.15) is 5.75 Å². The number of ether oxygens (including phenoxy) is 1. The van der Waals surface area contributed by atoms with Gasteiger partial charge in [0.25, 0.3) is 0 Å². The van der Waals surface area contributed by atoms with Crippen LogP contribution in [0.25, 0.3) is 10.9 Å². The summed E-state index contributed by atoms with van der Waals surface area (Å²) in [4.78, 5) is 8.44. The molecule has 1 aromatic carbocycles. The lowest BCUT2D eigenvalue weighted by atomic mass is 10.2. The normalized spacial score (nSPS) is 11.0. The number of para-hydroxylation sites is 1. The van der Waals surface area contributed by atoms with Crippen molar-refractivity contribution in [3.63, 3.8) is 0 Å². The number of pyridine rings is 2. The van der Waals surface area contributed by atoms with E-state index in [0.29, 0.717) is 12.2 Å². The van der Waals surface area contributed by atoms with E-state index in [1.165, 1.54) is 12.3 Å². The van der Waals surface area contributed by atoms with Gasteiger partial charge in [-0.2, -0.15) is 8.78 Å². The minimum atomic E-state index is -2.84. The Morgan fingerprint density at radius 1 is 1.13 bits per heavy atom. The van der Waals surface area contributed by atoms with E-state index >= 15 is 0 Å². The van der Waals surface area contributed by atoms with Gasteiger partial charge in [-0.25, -0.2) is 0 Å². The fourth-order valence-corrected chi connectivity index (χ4v) is 2.64. The third-order valence-electron chi connectivity index (χ3n) is 3.20. The van der Waals surface area contributed by atoms with Crippen LogP contribution in [0.5, 0.6) is 5.75 Å². The summed E-state index contributed by atoms with van der Waals surface area (Å²) < 4.78 is 29.4. The van der Waals surface area contributed by atoms with Crippen LogP contribution < -0.4 is 10.1 Å². The van der Waals surface area contributed by atoms with Gasteiger partial charge in [0.15, 0.2) is 0 Å². The molecule has 1 N–H and O–H groups in total. The molecule has 0 radical (unpaired) electrons. The Morgan fingerprint density at radius 2 is 2.00 bits per heavy atom. The molecule has 0 fully saturated rings. The second kappa shape index (κ2) is 6.87. The maximum absolute atomic E-state index is 12.1. The van der Waals surface area contributed by atoms with E-state index in [2.05, 4.69) is 36.0 Å². The summed E-state index contributed by atoms with van der Waals surface area (Å²) in [5, 5.41) is 4.26. The van der Waals surface area contributed by atoms with Gasteiger partial charge >= 0.3 is 6.61 Å². The quantitative estimate of drug-likeness (QED) is 0.703. The molecule has 2 aromatic heterocycles. The average Bonchev–Trinajstić information content (AvgIpc) is 2.54. The molecule has 0 bridgehead atoms. The third-order valence-corrected chi connectivity index (χ3v) is 3.84. The maximum Gasteiger partial charge on any atom is 0.387 e. The first kappa shape index (κ1) is 15.6. The Bertz CT molecular complexity index is 812. The predicted octanol–water partition coefficient (Wildman–Crippen LogP) is 4.61. The SMILES string of the molecule is FC(F)Oc1ccc(CNc2ccnc3c(Br)cccc23)nc1. The van der Waals surface area contributed by atoms with Crippen molar-refractivity contribution in [2.45, 2.75) is 13.2 Å². The lowest BCUT2D eigenvalue weighted by molar-refractivity contribution is -0.0500. The highest BCUT2D eigenvalue weighted by molar-refractivity contribution is 9.10. The van der Waals surface area contributed by atoms with E-state index in [-0.39, 0.29) is 5.75 Å². The van der Waals surface area contributed by atoms with Crippen LogP contribution in [-0.2, 0) is 6.54 Å².